The van der Waals surface area contributed by atoms with Crippen LogP contribution >= 0.6 is 11.3 Å². The summed E-state index contributed by atoms with van der Waals surface area (Å²) in [6.45, 7) is 2.76. The fourth-order valence-corrected chi connectivity index (χ4v) is 3.46. The molecule has 1 aliphatic rings. The first-order chi connectivity index (χ1) is 9.17. The maximum atomic E-state index is 13.5. The first-order valence-electron chi connectivity index (χ1n) is 6.59. The van der Waals surface area contributed by atoms with E-state index in [-0.39, 0.29) is 5.82 Å². The Bertz CT molecular complexity index is 582. The minimum absolute atomic E-state index is 0.187. The van der Waals surface area contributed by atoms with Crippen molar-refractivity contribution in [3.63, 3.8) is 0 Å². The van der Waals surface area contributed by atoms with Gasteiger partial charge in [0.2, 0.25) is 0 Å². The number of hydrogen-bond donors (Lipinski definition) is 1. The second kappa shape index (κ2) is 5.02. The molecule has 0 atom stereocenters. The Kier molecular flexibility index (Phi) is 3.37. The smallest absolute Gasteiger partial charge is 0.124 e. The van der Waals surface area contributed by atoms with Crippen LogP contribution in [0.3, 0.4) is 0 Å². The molecule has 0 saturated heterocycles. The Balaban J connectivity index is 2.02. The summed E-state index contributed by atoms with van der Waals surface area (Å²) in [5.41, 5.74) is 3.05. The van der Waals surface area contributed by atoms with Crippen LogP contribution in [-0.4, -0.2) is 12.0 Å². The number of thiazole rings is 1. The van der Waals surface area contributed by atoms with E-state index in [1.165, 1.54) is 23.4 Å². The maximum absolute atomic E-state index is 13.5. The molecular weight excluding hydrogens is 259 g/mol. The van der Waals surface area contributed by atoms with Gasteiger partial charge in [-0.2, -0.15) is 0 Å². The van der Waals surface area contributed by atoms with E-state index in [4.69, 9.17) is 4.98 Å². The molecule has 1 aromatic heterocycles. The predicted molar refractivity (Wildman–Crippen MR) is 77.0 cm³/mol. The summed E-state index contributed by atoms with van der Waals surface area (Å²) in [6, 6.07) is 5.13. The maximum Gasteiger partial charge on any atom is 0.124 e. The third kappa shape index (κ3) is 2.69. The van der Waals surface area contributed by atoms with Crippen LogP contribution in [0, 0.1) is 12.7 Å². The number of nitrogens with one attached hydrogen (secondary N) is 1. The van der Waals surface area contributed by atoms with Crippen molar-refractivity contribution in [2.45, 2.75) is 32.2 Å². The van der Waals surface area contributed by atoms with Crippen molar-refractivity contribution in [3.8, 4) is 10.6 Å². The molecule has 0 unspecified atom stereocenters. The Morgan fingerprint density at radius 1 is 1.37 bits per heavy atom. The van der Waals surface area contributed by atoms with Gasteiger partial charge in [-0.3, -0.25) is 0 Å². The van der Waals surface area contributed by atoms with Crippen molar-refractivity contribution < 1.29 is 4.39 Å². The van der Waals surface area contributed by atoms with E-state index in [0.29, 0.717) is 5.92 Å². The zero-order valence-electron chi connectivity index (χ0n) is 11.2. The molecule has 0 radical (unpaired) electrons. The van der Waals surface area contributed by atoms with Crippen LogP contribution in [-0.2, 0) is 6.54 Å². The average molecular weight is 276 g/mol. The standard InChI is InChI=1S/C15H17FN2S/c1-9-5-11(7-12(16)6-9)15-18-14(10-3-4-10)13(19-15)8-17-2/h5-7,10,17H,3-4,8H2,1-2H3. The molecule has 0 aliphatic heterocycles. The van der Waals surface area contributed by atoms with Gasteiger partial charge in [-0.05, 0) is 50.6 Å². The number of nitrogens with zero attached hydrogens (tertiary/aromatic N) is 1. The predicted octanol–water partition coefficient (Wildman–Crippen LogP) is 3.85. The van der Waals surface area contributed by atoms with E-state index in [1.807, 2.05) is 20.0 Å². The summed E-state index contributed by atoms with van der Waals surface area (Å²) in [7, 11) is 1.95. The molecule has 19 heavy (non-hydrogen) atoms. The summed E-state index contributed by atoms with van der Waals surface area (Å²) in [4.78, 5) is 6.05. The number of rotatable bonds is 4. The van der Waals surface area contributed by atoms with Crippen molar-refractivity contribution in [2.24, 2.45) is 0 Å². The zero-order chi connectivity index (χ0) is 13.4. The molecule has 1 aromatic carbocycles. The van der Waals surface area contributed by atoms with Crippen molar-refractivity contribution in [3.05, 3.63) is 40.2 Å². The zero-order valence-corrected chi connectivity index (χ0v) is 12.0. The molecule has 1 fully saturated rings. The quantitative estimate of drug-likeness (QED) is 0.917. The van der Waals surface area contributed by atoms with Crippen LogP contribution in [0.25, 0.3) is 10.6 Å². The lowest BCUT2D eigenvalue weighted by Gasteiger charge is -1.99. The second-order valence-corrected chi connectivity index (χ2v) is 6.23. The number of hydrogen-bond acceptors (Lipinski definition) is 3. The Hall–Kier alpha value is -1.26. The number of benzene rings is 1. The van der Waals surface area contributed by atoms with Gasteiger partial charge in [-0.25, -0.2) is 9.37 Å². The Morgan fingerprint density at radius 2 is 2.16 bits per heavy atom. The fourth-order valence-electron chi connectivity index (χ4n) is 2.31. The lowest BCUT2D eigenvalue weighted by atomic mass is 10.1. The lowest BCUT2D eigenvalue weighted by molar-refractivity contribution is 0.627. The van der Waals surface area contributed by atoms with Crippen LogP contribution in [0.2, 0.25) is 0 Å². The van der Waals surface area contributed by atoms with Gasteiger partial charge in [-0.1, -0.05) is 0 Å². The highest BCUT2D eigenvalue weighted by atomic mass is 32.1. The van der Waals surface area contributed by atoms with Gasteiger partial charge < -0.3 is 5.32 Å². The number of aryl methyl sites for hydroxylation is 1. The third-order valence-corrected chi connectivity index (χ3v) is 4.44. The molecule has 2 aromatic rings. The van der Waals surface area contributed by atoms with Crippen LogP contribution < -0.4 is 5.32 Å². The molecule has 1 heterocycles. The van der Waals surface area contributed by atoms with Crippen molar-refractivity contribution >= 4 is 11.3 Å². The summed E-state index contributed by atoms with van der Waals surface area (Å²) in [5, 5.41) is 4.13. The van der Waals surface area contributed by atoms with Crippen LogP contribution in [0.15, 0.2) is 18.2 Å². The van der Waals surface area contributed by atoms with Gasteiger partial charge in [0.15, 0.2) is 0 Å². The van der Waals surface area contributed by atoms with Gasteiger partial charge in [0.05, 0.1) is 5.69 Å². The molecule has 4 heteroatoms. The summed E-state index contributed by atoms with van der Waals surface area (Å²) < 4.78 is 13.5. The summed E-state index contributed by atoms with van der Waals surface area (Å²) in [5.74, 6) is 0.441. The molecule has 1 N–H and O–H groups in total. The molecule has 0 spiro atoms. The van der Waals surface area contributed by atoms with Gasteiger partial charge in [-0.15, -0.1) is 11.3 Å². The van der Waals surface area contributed by atoms with Crippen LogP contribution in [0.5, 0.6) is 0 Å². The molecular formula is C15H17FN2S. The van der Waals surface area contributed by atoms with Gasteiger partial charge in [0, 0.05) is 22.9 Å². The first-order valence-corrected chi connectivity index (χ1v) is 7.41. The van der Waals surface area contributed by atoms with Crippen molar-refractivity contribution in [1.82, 2.24) is 10.3 Å². The normalized spacial score (nSPS) is 14.9. The minimum Gasteiger partial charge on any atom is -0.315 e. The van der Waals surface area contributed by atoms with E-state index in [9.17, 15) is 4.39 Å². The van der Waals surface area contributed by atoms with E-state index in [0.717, 1.165) is 22.7 Å². The monoisotopic (exact) mass is 276 g/mol. The first kappa shape index (κ1) is 12.8. The van der Waals surface area contributed by atoms with Gasteiger partial charge >= 0.3 is 0 Å². The summed E-state index contributed by atoms with van der Waals surface area (Å²) in [6.07, 6.45) is 2.48. The Labute approximate surface area is 116 Å². The van der Waals surface area contributed by atoms with Crippen LogP contribution in [0.1, 0.15) is 34.9 Å². The number of aromatic nitrogens is 1. The lowest BCUT2D eigenvalue weighted by Crippen LogP contribution is -2.05. The Morgan fingerprint density at radius 3 is 2.79 bits per heavy atom. The highest BCUT2D eigenvalue weighted by molar-refractivity contribution is 7.15. The molecule has 0 amide bonds. The average Bonchev–Trinajstić information content (AvgIpc) is 3.10. The molecule has 1 aliphatic carbocycles. The van der Waals surface area contributed by atoms with E-state index in [2.05, 4.69) is 5.32 Å². The fraction of sp³-hybridized carbons (Fsp3) is 0.400. The van der Waals surface area contributed by atoms with Gasteiger partial charge in [0.25, 0.3) is 0 Å². The topological polar surface area (TPSA) is 24.9 Å². The third-order valence-electron chi connectivity index (χ3n) is 3.32. The molecule has 3 rings (SSSR count). The highest BCUT2D eigenvalue weighted by Gasteiger charge is 2.29. The second-order valence-electron chi connectivity index (χ2n) is 5.15. The largest absolute Gasteiger partial charge is 0.315 e. The van der Waals surface area contributed by atoms with E-state index >= 15 is 0 Å². The van der Waals surface area contributed by atoms with Crippen molar-refractivity contribution in [1.29, 1.82) is 0 Å². The van der Waals surface area contributed by atoms with Crippen LogP contribution in [0.4, 0.5) is 4.39 Å². The number of halogens is 1. The van der Waals surface area contributed by atoms with E-state index < -0.39 is 0 Å². The highest BCUT2D eigenvalue weighted by Crippen LogP contribution is 2.44. The minimum atomic E-state index is -0.187. The van der Waals surface area contributed by atoms with Gasteiger partial charge in [0.1, 0.15) is 10.8 Å². The SMILES string of the molecule is CNCc1sc(-c2cc(C)cc(F)c2)nc1C1CC1. The van der Waals surface area contributed by atoms with Crippen molar-refractivity contribution in [2.75, 3.05) is 7.05 Å². The molecule has 1 saturated carbocycles. The molecule has 2 nitrogen and oxygen atoms in total. The molecule has 0 bridgehead atoms. The molecule has 100 valence electrons. The summed E-state index contributed by atoms with van der Waals surface area (Å²) >= 11 is 1.68. The van der Waals surface area contributed by atoms with E-state index in [1.54, 1.807) is 23.5 Å².